The van der Waals surface area contributed by atoms with Crippen molar-refractivity contribution in [2.45, 2.75) is 6.92 Å². The van der Waals surface area contributed by atoms with E-state index < -0.39 is 4.92 Å². The van der Waals surface area contributed by atoms with Gasteiger partial charge in [-0.2, -0.15) is 5.10 Å². The van der Waals surface area contributed by atoms with Crippen LogP contribution < -0.4 is 5.43 Å². The number of benzene rings is 1. The van der Waals surface area contributed by atoms with E-state index in [1.807, 2.05) is 19.1 Å². The van der Waals surface area contributed by atoms with Crippen LogP contribution in [0.4, 0.5) is 11.6 Å². The minimum absolute atomic E-state index is 0.289. The van der Waals surface area contributed by atoms with Gasteiger partial charge in [-0.1, -0.05) is 17.7 Å². The van der Waals surface area contributed by atoms with Crippen LogP contribution in [0, 0.1) is 17.0 Å². The van der Waals surface area contributed by atoms with Crippen molar-refractivity contribution in [1.29, 1.82) is 0 Å². The van der Waals surface area contributed by atoms with Gasteiger partial charge in [0.1, 0.15) is 4.92 Å². The normalized spacial score (nSPS) is 10.8. The molecule has 0 bridgehead atoms. The number of furan rings is 1. The van der Waals surface area contributed by atoms with Gasteiger partial charge in [0, 0.05) is 5.02 Å². The van der Waals surface area contributed by atoms with Crippen molar-refractivity contribution in [3.63, 3.8) is 0 Å². The Morgan fingerprint density at radius 2 is 2.21 bits per heavy atom. The van der Waals surface area contributed by atoms with Crippen molar-refractivity contribution in [2.24, 2.45) is 5.10 Å². The monoisotopic (exact) mass is 279 g/mol. The molecule has 1 aromatic carbocycles. The summed E-state index contributed by atoms with van der Waals surface area (Å²) < 4.78 is 4.91. The number of halogens is 1. The van der Waals surface area contributed by atoms with Crippen molar-refractivity contribution >= 4 is 29.4 Å². The first kappa shape index (κ1) is 13.1. The van der Waals surface area contributed by atoms with Crippen LogP contribution in [-0.2, 0) is 0 Å². The minimum Gasteiger partial charge on any atom is -0.400 e. The molecule has 0 amide bonds. The van der Waals surface area contributed by atoms with Crippen molar-refractivity contribution in [1.82, 2.24) is 0 Å². The second-order valence-electron chi connectivity index (χ2n) is 3.77. The predicted octanol–water partition coefficient (Wildman–Crippen LogP) is 3.60. The third-order valence-electron chi connectivity index (χ3n) is 2.35. The zero-order valence-electron chi connectivity index (χ0n) is 9.96. The summed E-state index contributed by atoms with van der Waals surface area (Å²) in [7, 11) is 0. The van der Waals surface area contributed by atoms with Gasteiger partial charge in [0.15, 0.2) is 5.76 Å². The Labute approximate surface area is 113 Å². The van der Waals surface area contributed by atoms with E-state index in [4.69, 9.17) is 16.0 Å². The molecular formula is C12H10ClN3O3. The fourth-order valence-corrected chi connectivity index (χ4v) is 1.52. The van der Waals surface area contributed by atoms with Gasteiger partial charge in [0.05, 0.1) is 18.0 Å². The smallest absolute Gasteiger partial charge is 0.400 e. The van der Waals surface area contributed by atoms with Crippen molar-refractivity contribution < 1.29 is 9.34 Å². The first-order valence-corrected chi connectivity index (χ1v) is 5.73. The minimum atomic E-state index is -0.607. The van der Waals surface area contributed by atoms with Crippen molar-refractivity contribution in [2.75, 3.05) is 5.43 Å². The van der Waals surface area contributed by atoms with Gasteiger partial charge in [-0.3, -0.25) is 15.5 Å². The quantitative estimate of drug-likeness (QED) is 0.527. The fourth-order valence-electron chi connectivity index (χ4n) is 1.34. The number of aryl methyl sites for hydroxylation is 1. The third-order valence-corrected chi connectivity index (χ3v) is 2.76. The van der Waals surface area contributed by atoms with E-state index in [1.165, 1.54) is 18.3 Å². The maximum atomic E-state index is 10.4. The molecule has 0 aliphatic carbocycles. The average Bonchev–Trinajstić information content (AvgIpc) is 2.83. The molecule has 0 aliphatic rings. The van der Waals surface area contributed by atoms with E-state index in [1.54, 1.807) is 6.07 Å². The molecule has 1 N–H and O–H groups in total. The van der Waals surface area contributed by atoms with Crippen LogP contribution in [0.1, 0.15) is 11.3 Å². The Hall–Kier alpha value is -2.34. The van der Waals surface area contributed by atoms with Gasteiger partial charge in [-0.05, 0) is 30.7 Å². The molecule has 6 nitrogen and oxygen atoms in total. The lowest BCUT2D eigenvalue weighted by molar-refractivity contribution is -0.402. The van der Waals surface area contributed by atoms with E-state index in [9.17, 15) is 10.1 Å². The summed E-state index contributed by atoms with van der Waals surface area (Å²) in [5.74, 6) is -0.0303. The molecule has 19 heavy (non-hydrogen) atoms. The SMILES string of the molecule is Cc1ccc(NN=Cc2ccc([N+](=O)[O-])o2)cc1Cl. The molecule has 98 valence electrons. The first-order chi connectivity index (χ1) is 9.06. The molecule has 0 saturated heterocycles. The molecule has 0 atom stereocenters. The largest absolute Gasteiger partial charge is 0.433 e. The summed E-state index contributed by atoms with van der Waals surface area (Å²) >= 11 is 5.96. The van der Waals surface area contributed by atoms with Gasteiger partial charge >= 0.3 is 5.88 Å². The molecule has 1 aromatic heterocycles. The molecule has 0 saturated carbocycles. The lowest BCUT2D eigenvalue weighted by Crippen LogP contribution is -1.90. The third kappa shape index (κ3) is 3.32. The highest BCUT2D eigenvalue weighted by molar-refractivity contribution is 6.31. The molecule has 0 radical (unpaired) electrons. The number of hydrogen-bond donors (Lipinski definition) is 1. The predicted molar refractivity (Wildman–Crippen MR) is 72.8 cm³/mol. The second-order valence-corrected chi connectivity index (χ2v) is 4.17. The number of hydrazone groups is 1. The van der Waals surface area contributed by atoms with Gasteiger partial charge in [-0.25, -0.2) is 0 Å². The van der Waals surface area contributed by atoms with Crippen LogP contribution >= 0.6 is 11.6 Å². The summed E-state index contributed by atoms with van der Waals surface area (Å²) in [4.78, 5) is 9.81. The summed E-state index contributed by atoms with van der Waals surface area (Å²) in [5, 5.41) is 15.0. The van der Waals surface area contributed by atoms with Gasteiger partial charge in [0.25, 0.3) is 0 Å². The lowest BCUT2D eigenvalue weighted by Gasteiger charge is -2.02. The maximum Gasteiger partial charge on any atom is 0.433 e. The Morgan fingerprint density at radius 1 is 1.42 bits per heavy atom. The van der Waals surface area contributed by atoms with Crippen LogP contribution in [0.3, 0.4) is 0 Å². The summed E-state index contributed by atoms with van der Waals surface area (Å²) in [6.07, 6.45) is 1.35. The second kappa shape index (κ2) is 5.53. The highest BCUT2D eigenvalue weighted by Crippen LogP contribution is 2.20. The molecule has 2 aromatic rings. The highest BCUT2D eigenvalue weighted by atomic mass is 35.5. The van der Waals surface area contributed by atoms with Crippen molar-refractivity contribution in [3.05, 3.63) is 56.8 Å². The zero-order valence-corrected chi connectivity index (χ0v) is 10.7. The van der Waals surface area contributed by atoms with Gasteiger partial charge in [0.2, 0.25) is 0 Å². The summed E-state index contributed by atoms with van der Waals surface area (Å²) in [6, 6.07) is 8.15. The van der Waals surface area contributed by atoms with Crippen LogP contribution in [0.25, 0.3) is 0 Å². The zero-order chi connectivity index (χ0) is 13.8. The number of nitrogens with zero attached hydrogens (tertiary/aromatic N) is 2. The Morgan fingerprint density at radius 3 is 2.84 bits per heavy atom. The lowest BCUT2D eigenvalue weighted by atomic mass is 10.2. The van der Waals surface area contributed by atoms with Crippen LogP contribution in [0.15, 0.2) is 39.9 Å². The molecule has 2 rings (SSSR count). The fraction of sp³-hybridized carbons (Fsp3) is 0.0833. The Bertz CT molecular complexity index is 637. The number of nitrogens with one attached hydrogen (secondary N) is 1. The standard InChI is InChI=1S/C12H10ClN3O3/c1-8-2-3-9(6-11(8)13)15-14-7-10-4-5-12(19-10)16(17)18/h2-7,15H,1H3. The molecule has 1 heterocycles. The van der Waals surface area contributed by atoms with E-state index in [2.05, 4.69) is 10.5 Å². The van der Waals surface area contributed by atoms with E-state index in [0.29, 0.717) is 10.7 Å². The van der Waals surface area contributed by atoms with E-state index >= 15 is 0 Å². The van der Waals surface area contributed by atoms with Gasteiger partial charge < -0.3 is 4.42 Å². The Balaban J connectivity index is 2.02. The molecule has 0 unspecified atom stereocenters. The number of anilines is 1. The summed E-state index contributed by atoms with van der Waals surface area (Å²) in [6.45, 7) is 1.90. The van der Waals surface area contributed by atoms with Gasteiger partial charge in [-0.15, -0.1) is 0 Å². The van der Waals surface area contributed by atoms with Crippen LogP contribution in [-0.4, -0.2) is 11.1 Å². The number of nitro groups is 1. The summed E-state index contributed by atoms with van der Waals surface area (Å²) in [5.41, 5.74) is 4.44. The van der Waals surface area contributed by atoms with E-state index in [-0.39, 0.29) is 11.6 Å². The van der Waals surface area contributed by atoms with E-state index in [0.717, 1.165) is 5.56 Å². The molecule has 0 fully saturated rings. The van der Waals surface area contributed by atoms with Crippen molar-refractivity contribution in [3.8, 4) is 0 Å². The Kier molecular flexibility index (Phi) is 3.82. The highest BCUT2D eigenvalue weighted by Gasteiger charge is 2.10. The molecule has 7 heteroatoms. The average molecular weight is 280 g/mol. The molecule has 0 aliphatic heterocycles. The number of hydrogen-bond acceptors (Lipinski definition) is 5. The van der Waals surface area contributed by atoms with Crippen LogP contribution in [0.5, 0.6) is 0 Å². The maximum absolute atomic E-state index is 10.4. The first-order valence-electron chi connectivity index (χ1n) is 5.36. The topological polar surface area (TPSA) is 80.7 Å². The van der Waals surface area contributed by atoms with Crippen LogP contribution in [0.2, 0.25) is 5.02 Å². The number of rotatable bonds is 4. The molecular weight excluding hydrogens is 270 g/mol. The molecule has 0 spiro atoms.